The monoisotopic (exact) mass is 264 g/mol. The summed E-state index contributed by atoms with van der Waals surface area (Å²) < 4.78 is 13.1. The zero-order chi connectivity index (χ0) is 13.1. The van der Waals surface area contributed by atoms with E-state index in [1.807, 2.05) is 0 Å². The van der Waals surface area contributed by atoms with Crippen molar-refractivity contribution >= 4 is 28.8 Å². The van der Waals surface area contributed by atoms with E-state index in [0.717, 1.165) is 0 Å². The number of hydrogen-bond acceptors (Lipinski definition) is 3. The van der Waals surface area contributed by atoms with Gasteiger partial charge in [0, 0.05) is 11.8 Å². The van der Waals surface area contributed by atoms with Crippen molar-refractivity contribution < 1.29 is 9.18 Å². The number of nitrogens with one attached hydrogen (secondary N) is 2. The fourth-order valence-electron chi connectivity index (χ4n) is 1.40. The zero-order valence-electron chi connectivity index (χ0n) is 9.11. The Morgan fingerprint density at radius 1 is 1.50 bits per heavy atom. The van der Waals surface area contributed by atoms with Crippen molar-refractivity contribution in [3.05, 3.63) is 47.5 Å². The topological polar surface area (TPSA) is 83.8 Å². The summed E-state index contributed by atoms with van der Waals surface area (Å²) in [4.78, 5) is 11.8. The predicted octanol–water partition coefficient (Wildman–Crippen LogP) is 1.44. The molecule has 0 spiro atoms. The minimum Gasteiger partial charge on any atom is -0.389 e. The Kier molecular flexibility index (Phi) is 3.33. The van der Waals surface area contributed by atoms with Crippen LogP contribution in [0.15, 0.2) is 30.6 Å². The number of rotatable bonds is 3. The van der Waals surface area contributed by atoms with Gasteiger partial charge in [0.05, 0.1) is 17.4 Å². The number of hydrogen-bond donors (Lipinski definition) is 3. The molecule has 1 aromatic carbocycles. The molecule has 92 valence electrons. The number of amides is 1. The second kappa shape index (κ2) is 4.92. The molecule has 0 fully saturated rings. The number of nitrogens with two attached hydrogens (primary N) is 1. The summed E-state index contributed by atoms with van der Waals surface area (Å²) in [6, 6.07) is 3.79. The molecule has 0 radical (unpaired) electrons. The summed E-state index contributed by atoms with van der Waals surface area (Å²) in [5, 5.41) is 8.77. The van der Waals surface area contributed by atoms with Gasteiger partial charge in [-0.25, -0.2) is 4.39 Å². The summed E-state index contributed by atoms with van der Waals surface area (Å²) in [5.74, 6) is -0.855. The van der Waals surface area contributed by atoms with Gasteiger partial charge in [-0.3, -0.25) is 9.89 Å². The van der Waals surface area contributed by atoms with Gasteiger partial charge in [0.1, 0.15) is 10.8 Å². The highest BCUT2D eigenvalue weighted by Crippen LogP contribution is 2.17. The van der Waals surface area contributed by atoms with E-state index >= 15 is 0 Å². The summed E-state index contributed by atoms with van der Waals surface area (Å²) in [6.07, 6.45) is 2.82. The van der Waals surface area contributed by atoms with Crippen LogP contribution in [0.25, 0.3) is 0 Å². The van der Waals surface area contributed by atoms with Crippen LogP contribution >= 0.6 is 12.2 Å². The molecule has 0 atom stereocenters. The van der Waals surface area contributed by atoms with Crippen molar-refractivity contribution in [3.8, 4) is 0 Å². The van der Waals surface area contributed by atoms with E-state index in [1.165, 1.54) is 30.6 Å². The quantitative estimate of drug-likeness (QED) is 0.732. The molecule has 1 heterocycles. The molecule has 0 unspecified atom stereocenters. The maximum absolute atomic E-state index is 13.1. The van der Waals surface area contributed by atoms with Gasteiger partial charge in [-0.1, -0.05) is 12.2 Å². The number of nitrogens with zero attached hydrogens (tertiary/aromatic N) is 1. The second-order valence-corrected chi connectivity index (χ2v) is 3.94. The van der Waals surface area contributed by atoms with E-state index in [1.54, 1.807) is 0 Å². The lowest BCUT2D eigenvalue weighted by Crippen LogP contribution is -2.17. The molecule has 7 heteroatoms. The first-order valence-corrected chi connectivity index (χ1v) is 5.38. The van der Waals surface area contributed by atoms with Crippen LogP contribution < -0.4 is 11.1 Å². The molecular weight excluding hydrogens is 255 g/mol. The van der Waals surface area contributed by atoms with Gasteiger partial charge in [0.2, 0.25) is 0 Å². The molecule has 4 N–H and O–H groups in total. The lowest BCUT2D eigenvalue weighted by atomic mass is 10.1. The third-order valence-corrected chi connectivity index (χ3v) is 2.48. The number of benzene rings is 1. The number of aromatic nitrogens is 2. The highest BCUT2D eigenvalue weighted by atomic mass is 32.1. The van der Waals surface area contributed by atoms with Gasteiger partial charge in [-0.2, -0.15) is 5.10 Å². The van der Waals surface area contributed by atoms with E-state index in [9.17, 15) is 9.18 Å². The number of aromatic amines is 1. The lowest BCUT2D eigenvalue weighted by Gasteiger charge is -2.09. The molecule has 0 saturated heterocycles. The maximum Gasteiger partial charge on any atom is 0.258 e. The van der Waals surface area contributed by atoms with Gasteiger partial charge in [-0.05, 0) is 18.2 Å². The zero-order valence-corrected chi connectivity index (χ0v) is 9.92. The average molecular weight is 264 g/mol. The number of halogens is 1. The second-order valence-electron chi connectivity index (χ2n) is 3.50. The molecule has 0 bridgehead atoms. The van der Waals surface area contributed by atoms with Crippen LogP contribution in [0, 0.1) is 5.82 Å². The van der Waals surface area contributed by atoms with E-state index in [4.69, 9.17) is 18.0 Å². The van der Waals surface area contributed by atoms with Crippen LogP contribution in [-0.2, 0) is 0 Å². The molecule has 1 amide bonds. The standard InChI is InChI=1S/C11H9FN4OS/c12-7-1-2-9(8(3-7)10(13)18)16-11(17)6-4-14-15-5-6/h1-5H,(H2,13,18)(H,14,15)(H,16,17). The van der Waals surface area contributed by atoms with E-state index in [2.05, 4.69) is 15.5 Å². The Balaban J connectivity index is 2.29. The molecule has 0 aliphatic rings. The van der Waals surface area contributed by atoms with Crippen molar-refractivity contribution in [1.82, 2.24) is 10.2 Å². The fourth-order valence-corrected chi connectivity index (χ4v) is 1.57. The third-order valence-electron chi connectivity index (χ3n) is 2.26. The number of carbonyl (C=O) groups is 1. The number of thiocarbonyl (C=S) groups is 1. The van der Waals surface area contributed by atoms with E-state index in [0.29, 0.717) is 11.3 Å². The Morgan fingerprint density at radius 3 is 2.89 bits per heavy atom. The van der Waals surface area contributed by atoms with Gasteiger partial charge in [0.15, 0.2) is 0 Å². The average Bonchev–Trinajstić information content (AvgIpc) is 2.84. The first-order chi connectivity index (χ1) is 8.58. The minimum absolute atomic E-state index is 0.0111. The molecule has 0 saturated carbocycles. The van der Waals surface area contributed by atoms with Gasteiger partial charge < -0.3 is 11.1 Å². The first-order valence-electron chi connectivity index (χ1n) is 4.97. The lowest BCUT2D eigenvalue weighted by molar-refractivity contribution is 0.102. The van der Waals surface area contributed by atoms with Gasteiger partial charge in [0.25, 0.3) is 5.91 Å². The summed E-state index contributed by atoms with van der Waals surface area (Å²) in [6.45, 7) is 0. The fraction of sp³-hybridized carbons (Fsp3) is 0. The largest absolute Gasteiger partial charge is 0.389 e. The summed E-state index contributed by atoms with van der Waals surface area (Å²) in [7, 11) is 0. The van der Waals surface area contributed by atoms with E-state index in [-0.39, 0.29) is 16.5 Å². The van der Waals surface area contributed by atoms with Crippen LogP contribution in [-0.4, -0.2) is 21.1 Å². The Bertz CT molecular complexity index is 597. The normalized spacial score (nSPS) is 10.1. The Morgan fingerprint density at radius 2 is 2.28 bits per heavy atom. The Hall–Kier alpha value is -2.28. The predicted molar refractivity (Wildman–Crippen MR) is 68.8 cm³/mol. The van der Waals surface area contributed by atoms with Crippen LogP contribution in [0.4, 0.5) is 10.1 Å². The van der Waals surface area contributed by atoms with E-state index < -0.39 is 5.82 Å². The molecule has 5 nitrogen and oxygen atoms in total. The van der Waals surface area contributed by atoms with Crippen LogP contribution in [0.3, 0.4) is 0 Å². The third kappa shape index (κ3) is 2.51. The maximum atomic E-state index is 13.1. The highest BCUT2D eigenvalue weighted by Gasteiger charge is 2.12. The SMILES string of the molecule is NC(=S)c1cc(F)ccc1NC(=O)c1cn[nH]c1. The first kappa shape index (κ1) is 12.2. The number of H-pyrrole nitrogens is 1. The number of carbonyl (C=O) groups excluding carboxylic acids is 1. The Labute approximate surface area is 107 Å². The number of anilines is 1. The molecular formula is C11H9FN4OS. The van der Waals surface area contributed by atoms with Crippen LogP contribution in [0.5, 0.6) is 0 Å². The minimum atomic E-state index is -0.473. The highest BCUT2D eigenvalue weighted by molar-refractivity contribution is 7.80. The van der Waals surface area contributed by atoms with Crippen molar-refractivity contribution in [2.75, 3.05) is 5.32 Å². The molecule has 1 aromatic heterocycles. The van der Waals surface area contributed by atoms with Crippen molar-refractivity contribution in [3.63, 3.8) is 0 Å². The van der Waals surface area contributed by atoms with Crippen molar-refractivity contribution in [1.29, 1.82) is 0 Å². The molecule has 0 aliphatic heterocycles. The molecule has 2 rings (SSSR count). The summed E-state index contributed by atoms with van der Waals surface area (Å²) >= 11 is 4.80. The van der Waals surface area contributed by atoms with Crippen molar-refractivity contribution in [2.24, 2.45) is 5.73 Å². The van der Waals surface area contributed by atoms with Crippen molar-refractivity contribution in [2.45, 2.75) is 0 Å². The summed E-state index contributed by atoms with van der Waals surface area (Å²) in [5.41, 5.74) is 6.46. The molecule has 18 heavy (non-hydrogen) atoms. The molecule has 0 aliphatic carbocycles. The smallest absolute Gasteiger partial charge is 0.258 e. The van der Waals surface area contributed by atoms with Gasteiger partial charge in [-0.15, -0.1) is 0 Å². The molecule has 2 aromatic rings. The van der Waals surface area contributed by atoms with Crippen LogP contribution in [0.2, 0.25) is 0 Å². The van der Waals surface area contributed by atoms with Crippen LogP contribution in [0.1, 0.15) is 15.9 Å². The van der Waals surface area contributed by atoms with Gasteiger partial charge >= 0.3 is 0 Å².